The Labute approximate surface area is 155 Å². The molecule has 1 aromatic heterocycles. The van der Waals surface area contributed by atoms with E-state index in [1.165, 1.54) is 11.3 Å². The average Bonchev–Trinajstić information content (AvgIpc) is 3.17. The van der Waals surface area contributed by atoms with E-state index in [1.807, 2.05) is 30.3 Å². The van der Waals surface area contributed by atoms with E-state index < -0.39 is 0 Å². The molecule has 1 amide bonds. The standard InChI is InChI=1S/C20H17N3O2S/c1-11(2)9-17-22-23-20(26-17)21-19(25)12-7-8-14-13-5-3-4-6-15(13)18(24)16(14)10-12/h3-8,10-11H,9H2,1-2H3,(H,21,23,25). The van der Waals surface area contributed by atoms with E-state index in [4.69, 9.17) is 0 Å². The highest BCUT2D eigenvalue weighted by atomic mass is 32.1. The van der Waals surface area contributed by atoms with Gasteiger partial charge in [0, 0.05) is 23.1 Å². The Bertz CT molecular complexity index is 1020. The van der Waals surface area contributed by atoms with E-state index in [0.29, 0.717) is 27.7 Å². The van der Waals surface area contributed by atoms with Gasteiger partial charge in [0.05, 0.1) is 0 Å². The first kappa shape index (κ1) is 16.6. The molecule has 1 aliphatic carbocycles. The van der Waals surface area contributed by atoms with E-state index in [0.717, 1.165) is 22.6 Å². The second-order valence-corrected chi connectivity index (χ2v) is 7.75. The van der Waals surface area contributed by atoms with Crippen molar-refractivity contribution in [1.29, 1.82) is 0 Å². The summed E-state index contributed by atoms with van der Waals surface area (Å²) in [4.78, 5) is 25.1. The van der Waals surface area contributed by atoms with Gasteiger partial charge in [0.1, 0.15) is 5.01 Å². The molecule has 0 radical (unpaired) electrons. The lowest BCUT2D eigenvalue weighted by Crippen LogP contribution is -2.12. The van der Waals surface area contributed by atoms with Crippen molar-refractivity contribution in [3.63, 3.8) is 0 Å². The van der Waals surface area contributed by atoms with Crippen LogP contribution in [-0.2, 0) is 6.42 Å². The second-order valence-electron chi connectivity index (χ2n) is 6.69. The molecule has 0 spiro atoms. The molecule has 0 bridgehead atoms. The average molecular weight is 363 g/mol. The molecule has 0 saturated carbocycles. The van der Waals surface area contributed by atoms with Crippen molar-refractivity contribution in [3.05, 3.63) is 64.2 Å². The highest BCUT2D eigenvalue weighted by molar-refractivity contribution is 7.15. The van der Waals surface area contributed by atoms with Crippen LogP contribution in [-0.4, -0.2) is 21.9 Å². The van der Waals surface area contributed by atoms with Gasteiger partial charge in [0.15, 0.2) is 5.78 Å². The van der Waals surface area contributed by atoms with E-state index in [2.05, 4.69) is 29.4 Å². The highest BCUT2D eigenvalue weighted by Crippen LogP contribution is 2.36. The first-order valence-electron chi connectivity index (χ1n) is 8.45. The molecule has 6 heteroatoms. The van der Waals surface area contributed by atoms with Crippen LogP contribution < -0.4 is 5.32 Å². The maximum absolute atomic E-state index is 12.6. The molecule has 0 atom stereocenters. The molecule has 0 unspecified atom stereocenters. The number of benzene rings is 2. The summed E-state index contributed by atoms with van der Waals surface area (Å²) in [6, 6.07) is 12.7. The Balaban J connectivity index is 1.57. The summed E-state index contributed by atoms with van der Waals surface area (Å²) in [5, 5.41) is 12.3. The first-order chi connectivity index (χ1) is 12.5. The predicted octanol–water partition coefficient (Wildman–Crippen LogP) is 4.20. The lowest BCUT2D eigenvalue weighted by molar-refractivity contribution is 0.102. The van der Waals surface area contributed by atoms with Crippen LogP contribution in [0, 0.1) is 5.92 Å². The Morgan fingerprint density at radius 3 is 2.54 bits per heavy atom. The molecule has 1 heterocycles. The van der Waals surface area contributed by atoms with Crippen LogP contribution in [0.4, 0.5) is 5.13 Å². The summed E-state index contributed by atoms with van der Waals surface area (Å²) in [5.41, 5.74) is 3.48. The van der Waals surface area contributed by atoms with Crippen LogP contribution in [0.1, 0.15) is 45.1 Å². The maximum atomic E-state index is 12.6. The summed E-state index contributed by atoms with van der Waals surface area (Å²) in [5.74, 6) is 0.153. The molecule has 0 saturated heterocycles. The van der Waals surface area contributed by atoms with E-state index >= 15 is 0 Å². The van der Waals surface area contributed by atoms with Gasteiger partial charge in [-0.15, -0.1) is 10.2 Å². The molecule has 4 rings (SSSR count). The maximum Gasteiger partial charge on any atom is 0.257 e. The smallest absolute Gasteiger partial charge is 0.257 e. The van der Waals surface area contributed by atoms with Gasteiger partial charge in [-0.3, -0.25) is 14.9 Å². The third kappa shape index (κ3) is 2.93. The quantitative estimate of drug-likeness (QED) is 0.590. The van der Waals surface area contributed by atoms with Gasteiger partial charge in [0.25, 0.3) is 5.91 Å². The normalized spacial score (nSPS) is 12.2. The zero-order valence-electron chi connectivity index (χ0n) is 14.4. The van der Waals surface area contributed by atoms with Gasteiger partial charge in [0.2, 0.25) is 5.13 Å². The highest BCUT2D eigenvalue weighted by Gasteiger charge is 2.27. The molecular formula is C20H17N3O2S. The number of hydrogen-bond donors (Lipinski definition) is 1. The van der Waals surface area contributed by atoms with Crippen molar-refractivity contribution >= 4 is 28.2 Å². The van der Waals surface area contributed by atoms with Crippen LogP contribution in [0.2, 0.25) is 0 Å². The van der Waals surface area contributed by atoms with Crippen molar-refractivity contribution < 1.29 is 9.59 Å². The van der Waals surface area contributed by atoms with Crippen LogP contribution >= 0.6 is 11.3 Å². The topological polar surface area (TPSA) is 72.0 Å². The SMILES string of the molecule is CC(C)Cc1nnc(NC(=O)c2ccc3c(c2)C(=O)c2ccccc2-3)s1. The monoisotopic (exact) mass is 363 g/mol. The fourth-order valence-corrected chi connectivity index (χ4v) is 4.02. The van der Waals surface area contributed by atoms with Crippen LogP contribution in [0.5, 0.6) is 0 Å². The van der Waals surface area contributed by atoms with E-state index in [9.17, 15) is 9.59 Å². The zero-order valence-corrected chi connectivity index (χ0v) is 15.3. The van der Waals surface area contributed by atoms with Gasteiger partial charge in [-0.1, -0.05) is 55.5 Å². The number of aromatic nitrogens is 2. The molecule has 0 fully saturated rings. The largest absolute Gasteiger partial charge is 0.296 e. The molecule has 0 aliphatic heterocycles. The molecule has 2 aromatic carbocycles. The minimum absolute atomic E-state index is 0.0413. The minimum atomic E-state index is -0.288. The number of nitrogens with one attached hydrogen (secondary N) is 1. The van der Waals surface area contributed by atoms with Gasteiger partial charge in [-0.05, 0) is 29.2 Å². The fraction of sp³-hybridized carbons (Fsp3) is 0.200. The Hall–Kier alpha value is -2.86. The number of rotatable bonds is 4. The second kappa shape index (κ2) is 6.46. The summed E-state index contributed by atoms with van der Waals surface area (Å²) < 4.78 is 0. The summed E-state index contributed by atoms with van der Waals surface area (Å²) in [7, 11) is 0. The van der Waals surface area contributed by atoms with Crippen molar-refractivity contribution in [3.8, 4) is 11.1 Å². The number of amides is 1. The van der Waals surface area contributed by atoms with Gasteiger partial charge in [-0.2, -0.15) is 0 Å². The van der Waals surface area contributed by atoms with Gasteiger partial charge >= 0.3 is 0 Å². The molecule has 26 heavy (non-hydrogen) atoms. The Morgan fingerprint density at radius 1 is 1.04 bits per heavy atom. The third-order valence-electron chi connectivity index (χ3n) is 4.26. The predicted molar refractivity (Wildman–Crippen MR) is 102 cm³/mol. The Kier molecular flexibility index (Phi) is 4.12. The summed E-state index contributed by atoms with van der Waals surface area (Å²) in [6.07, 6.45) is 0.832. The lowest BCUT2D eigenvalue weighted by atomic mass is 10.0. The van der Waals surface area contributed by atoms with Crippen LogP contribution in [0.15, 0.2) is 42.5 Å². The number of carbonyl (C=O) groups is 2. The van der Waals surface area contributed by atoms with E-state index in [1.54, 1.807) is 12.1 Å². The van der Waals surface area contributed by atoms with E-state index in [-0.39, 0.29) is 11.7 Å². The van der Waals surface area contributed by atoms with Crippen molar-refractivity contribution in [2.24, 2.45) is 5.92 Å². The molecular weight excluding hydrogens is 346 g/mol. The Morgan fingerprint density at radius 2 is 1.77 bits per heavy atom. The number of nitrogens with zero attached hydrogens (tertiary/aromatic N) is 2. The summed E-state index contributed by atoms with van der Waals surface area (Å²) in [6.45, 7) is 4.22. The zero-order chi connectivity index (χ0) is 18.3. The molecule has 1 N–H and O–H groups in total. The number of hydrogen-bond acceptors (Lipinski definition) is 5. The minimum Gasteiger partial charge on any atom is -0.296 e. The molecule has 3 aromatic rings. The van der Waals surface area contributed by atoms with Crippen molar-refractivity contribution in [2.75, 3.05) is 5.32 Å². The number of anilines is 1. The van der Waals surface area contributed by atoms with Crippen LogP contribution in [0.25, 0.3) is 11.1 Å². The first-order valence-corrected chi connectivity index (χ1v) is 9.26. The molecule has 1 aliphatic rings. The fourth-order valence-electron chi connectivity index (χ4n) is 3.07. The third-order valence-corrected chi connectivity index (χ3v) is 5.12. The van der Waals surface area contributed by atoms with Gasteiger partial charge < -0.3 is 0 Å². The number of fused-ring (bicyclic) bond motifs is 3. The summed E-state index contributed by atoms with van der Waals surface area (Å²) >= 11 is 1.38. The van der Waals surface area contributed by atoms with Crippen molar-refractivity contribution in [1.82, 2.24) is 10.2 Å². The number of carbonyl (C=O) groups excluding carboxylic acids is 2. The van der Waals surface area contributed by atoms with Crippen molar-refractivity contribution in [2.45, 2.75) is 20.3 Å². The number of ketones is 1. The lowest BCUT2D eigenvalue weighted by Gasteiger charge is -2.04. The van der Waals surface area contributed by atoms with Crippen LogP contribution in [0.3, 0.4) is 0 Å². The molecule has 5 nitrogen and oxygen atoms in total. The van der Waals surface area contributed by atoms with Gasteiger partial charge in [-0.25, -0.2) is 0 Å². The molecule has 130 valence electrons.